The lowest BCUT2D eigenvalue weighted by Gasteiger charge is -2.34. The predicted octanol–water partition coefficient (Wildman–Crippen LogP) is 0.255. The van der Waals surface area contributed by atoms with Gasteiger partial charge in [-0.25, -0.2) is 23.2 Å². The Kier molecular flexibility index (Phi) is 6.70. The first kappa shape index (κ1) is 19.1. The summed E-state index contributed by atoms with van der Waals surface area (Å²) in [5.41, 5.74) is 5.16. The maximum atomic E-state index is 11.8. The summed E-state index contributed by atoms with van der Waals surface area (Å²) in [7, 11) is -3.20. The first-order chi connectivity index (χ1) is 10.8. The van der Waals surface area contributed by atoms with Crippen molar-refractivity contribution in [3.8, 4) is 0 Å². The van der Waals surface area contributed by atoms with Crippen molar-refractivity contribution < 1.29 is 18.3 Å². The van der Waals surface area contributed by atoms with Crippen LogP contribution in [0.1, 0.15) is 31.3 Å². The normalized spacial score (nSPS) is 15.7. The van der Waals surface area contributed by atoms with Gasteiger partial charge < -0.3 is 15.7 Å². The van der Waals surface area contributed by atoms with Crippen LogP contribution in [0, 0.1) is 0 Å². The molecule has 0 atom stereocenters. The number of sulfonamides is 1. The Balaban J connectivity index is 0.00000127. The van der Waals surface area contributed by atoms with Crippen LogP contribution in [0.2, 0.25) is 0 Å². The smallest absolute Gasteiger partial charge is 0.358 e. The molecule has 0 spiro atoms. The number of piperazine rings is 1. The number of nitrogens with zero attached hydrogens (tertiary/aromatic N) is 4. The van der Waals surface area contributed by atoms with E-state index in [2.05, 4.69) is 9.97 Å². The highest BCUT2D eigenvalue weighted by molar-refractivity contribution is 7.89. The summed E-state index contributed by atoms with van der Waals surface area (Å²) in [4.78, 5) is 20.6. The molecular formula is C13H23N5O4S. The van der Waals surface area contributed by atoms with E-state index in [1.165, 1.54) is 10.5 Å². The van der Waals surface area contributed by atoms with Gasteiger partial charge in [-0.15, -0.1) is 0 Å². The molecule has 1 saturated heterocycles. The highest BCUT2D eigenvalue weighted by Gasteiger charge is 2.26. The van der Waals surface area contributed by atoms with Gasteiger partial charge in [0.25, 0.3) is 0 Å². The highest BCUT2D eigenvalue weighted by atomic mass is 32.2. The van der Waals surface area contributed by atoms with E-state index in [1.807, 2.05) is 13.8 Å². The van der Waals surface area contributed by atoms with E-state index in [0.717, 1.165) is 0 Å². The van der Waals surface area contributed by atoms with Crippen molar-refractivity contribution in [2.24, 2.45) is 0 Å². The molecule has 1 aliphatic rings. The second-order valence-corrected chi connectivity index (χ2v) is 6.81. The Morgan fingerprint density at radius 2 is 1.87 bits per heavy atom. The molecule has 9 nitrogen and oxygen atoms in total. The molecule has 3 N–H and O–H groups in total. The summed E-state index contributed by atoms with van der Waals surface area (Å²) in [6.07, 6.45) is 1.39. The van der Waals surface area contributed by atoms with E-state index in [1.54, 1.807) is 11.8 Å². The fourth-order valence-electron chi connectivity index (χ4n) is 2.08. The predicted molar refractivity (Wildman–Crippen MR) is 88.0 cm³/mol. The molecule has 0 aliphatic carbocycles. The summed E-state index contributed by atoms with van der Waals surface area (Å²) >= 11 is 0. The first-order valence-corrected chi connectivity index (χ1v) is 9.04. The van der Waals surface area contributed by atoms with Crippen LogP contribution in [0.5, 0.6) is 0 Å². The van der Waals surface area contributed by atoms with E-state index in [9.17, 15) is 13.2 Å². The number of hydrogen-bond donors (Lipinski definition) is 2. The van der Waals surface area contributed by atoms with Crippen LogP contribution >= 0.6 is 0 Å². The molecule has 0 amide bonds. The molecular weight excluding hydrogens is 322 g/mol. The van der Waals surface area contributed by atoms with Gasteiger partial charge in [-0.2, -0.15) is 4.31 Å². The molecule has 1 aromatic heterocycles. The lowest BCUT2D eigenvalue weighted by molar-refractivity contribution is 0.0691. The van der Waals surface area contributed by atoms with E-state index < -0.39 is 16.0 Å². The second-order valence-electron chi connectivity index (χ2n) is 4.55. The fourth-order valence-corrected chi connectivity index (χ4v) is 3.16. The zero-order valence-corrected chi connectivity index (χ0v) is 14.4. The molecule has 0 unspecified atom stereocenters. The average molecular weight is 345 g/mol. The number of hydrogen-bond acceptors (Lipinski definition) is 7. The second kappa shape index (κ2) is 8.06. The molecule has 2 rings (SSSR count). The van der Waals surface area contributed by atoms with E-state index in [-0.39, 0.29) is 17.3 Å². The molecule has 0 saturated carbocycles. The fraction of sp³-hybridized carbons (Fsp3) is 0.615. The number of nitrogen functional groups attached to an aromatic ring is 1. The Labute approximate surface area is 136 Å². The quantitative estimate of drug-likeness (QED) is 0.794. The van der Waals surface area contributed by atoms with Crippen LogP contribution in [0.15, 0.2) is 6.20 Å². The summed E-state index contributed by atoms with van der Waals surface area (Å²) < 4.78 is 25.0. The third-order valence-corrected chi connectivity index (χ3v) is 5.19. The van der Waals surface area contributed by atoms with Gasteiger partial charge in [0.2, 0.25) is 10.0 Å². The summed E-state index contributed by atoms with van der Waals surface area (Å²) in [6, 6.07) is 0. The van der Waals surface area contributed by atoms with Gasteiger partial charge in [-0.1, -0.05) is 13.8 Å². The van der Waals surface area contributed by atoms with Crippen LogP contribution in [0.4, 0.5) is 11.6 Å². The number of carboxylic acid groups (broad SMARTS) is 1. The minimum Gasteiger partial charge on any atom is -0.476 e. The molecule has 0 bridgehead atoms. The third kappa shape index (κ3) is 4.52. The van der Waals surface area contributed by atoms with E-state index in [0.29, 0.717) is 32.0 Å². The van der Waals surface area contributed by atoms with Crippen LogP contribution in [-0.2, 0) is 10.0 Å². The zero-order chi connectivity index (χ0) is 17.6. The molecule has 2 heterocycles. The SMILES string of the molecule is CC.CCS(=O)(=O)N1CCN(c2cnc(N)c(C(=O)O)n2)CC1. The average Bonchev–Trinajstić information content (AvgIpc) is 2.57. The van der Waals surface area contributed by atoms with Gasteiger partial charge in [0, 0.05) is 26.2 Å². The molecule has 130 valence electrons. The van der Waals surface area contributed by atoms with Gasteiger partial charge in [0.05, 0.1) is 11.9 Å². The Morgan fingerprint density at radius 1 is 1.30 bits per heavy atom. The summed E-state index contributed by atoms with van der Waals surface area (Å²) in [5.74, 6) is -0.930. The number of anilines is 2. The van der Waals surface area contributed by atoms with Crippen molar-refractivity contribution >= 4 is 27.6 Å². The number of carbonyl (C=O) groups is 1. The maximum Gasteiger partial charge on any atom is 0.358 e. The number of nitrogens with two attached hydrogens (primary N) is 1. The summed E-state index contributed by atoms with van der Waals surface area (Å²) in [5, 5.41) is 8.98. The Morgan fingerprint density at radius 3 is 2.35 bits per heavy atom. The van der Waals surface area contributed by atoms with E-state index >= 15 is 0 Å². The Hall–Kier alpha value is -1.94. The van der Waals surface area contributed by atoms with Crippen LogP contribution < -0.4 is 10.6 Å². The van der Waals surface area contributed by atoms with Gasteiger partial charge in [0.1, 0.15) is 5.82 Å². The van der Waals surface area contributed by atoms with Gasteiger partial charge in [0.15, 0.2) is 11.5 Å². The topological polar surface area (TPSA) is 130 Å². The van der Waals surface area contributed by atoms with Crippen LogP contribution in [-0.4, -0.2) is 65.7 Å². The molecule has 0 radical (unpaired) electrons. The van der Waals surface area contributed by atoms with Gasteiger partial charge in [-0.3, -0.25) is 0 Å². The highest BCUT2D eigenvalue weighted by Crippen LogP contribution is 2.17. The van der Waals surface area contributed by atoms with Crippen molar-refractivity contribution in [3.63, 3.8) is 0 Å². The van der Waals surface area contributed by atoms with Crippen molar-refractivity contribution in [2.75, 3.05) is 42.6 Å². The number of rotatable bonds is 4. The Bertz CT molecular complexity index is 642. The van der Waals surface area contributed by atoms with Crippen molar-refractivity contribution in [1.29, 1.82) is 0 Å². The molecule has 23 heavy (non-hydrogen) atoms. The van der Waals surface area contributed by atoms with E-state index in [4.69, 9.17) is 10.8 Å². The standard InChI is InChI=1S/C11H17N5O4S.C2H6/c1-2-21(19,20)16-5-3-15(4-6-16)8-7-13-10(12)9(14-8)11(17)18;1-2/h7H,2-6H2,1H3,(H2,12,13)(H,17,18);1-2H3. The van der Waals surface area contributed by atoms with Crippen LogP contribution in [0.25, 0.3) is 0 Å². The van der Waals surface area contributed by atoms with Gasteiger partial charge >= 0.3 is 5.97 Å². The van der Waals surface area contributed by atoms with Crippen molar-refractivity contribution in [2.45, 2.75) is 20.8 Å². The largest absolute Gasteiger partial charge is 0.476 e. The number of aromatic nitrogens is 2. The number of aromatic carboxylic acids is 1. The number of carboxylic acids is 1. The minimum atomic E-state index is -3.20. The minimum absolute atomic E-state index is 0.0673. The molecule has 1 fully saturated rings. The third-order valence-electron chi connectivity index (χ3n) is 3.31. The van der Waals surface area contributed by atoms with Gasteiger partial charge in [-0.05, 0) is 6.92 Å². The first-order valence-electron chi connectivity index (χ1n) is 7.43. The van der Waals surface area contributed by atoms with Crippen molar-refractivity contribution in [1.82, 2.24) is 14.3 Å². The molecule has 0 aromatic carbocycles. The molecule has 1 aromatic rings. The molecule has 1 aliphatic heterocycles. The zero-order valence-electron chi connectivity index (χ0n) is 13.6. The van der Waals surface area contributed by atoms with Crippen LogP contribution in [0.3, 0.4) is 0 Å². The lowest BCUT2D eigenvalue weighted by atomic mass is 10.3. The summed E-state index contributed by atoms with van der Waals surface area (Å²) in [6.45, 7) is 7.13. The lowest BCUT2D eigenvalue weighted by Crippen LogP contribution is -2.49. The maximum absolute atomic E-state index is 11.8. The van der Waals surface area contributed by atoms with Crippen molar-refractivity contribution in [3.05, 3.63) is 11.9 Å². The molecule has 10 heteroatoms. The monoisotopic (exact) mass is 345 g/mol.